The summed E-state index contributed by atoms with van der Waals surface area (Å²) in [5.41, 5.74) is 8.92. The second-order valence-electron chi connectivity index (χ2n) is 9.16. The lowest BCUT2D eigenvalue weighted by atomic mass is 9.92. The fourth-order valence-electron chi connectivity index (χ4n) is 5.03. The molecule has 0 aliphatic carbocycles. The maximum absolute atomic E-state index is 12.6. The maximum Gasteiger partial charge on any atom is 0.253 e. The number of rotatable bonds is 2. The van der Waals surface area contributed by atoms with Crippen LogP contribution in [-0.4, -0.2) is 15.8 Å². The second-order valence-corrected chi connectivity index (χ2v) is 9.16. The lowest BCUT2D eigenvalue weighted by molar-refractivity contribution is -0.751. The van der Waals surface area contributed by atoms with Crippen LogP contribution in [0.3, 0.4) is 0 Å². The number of nitrogens with zero attached hydrogens (tertiary/aromatic N) is 5. The van der Waals surface area contributed by atoms with Gasteiger partial charge in [0.05, 0.1) is 41.6 Å². The van der Waals surface area contributed by atoms with Crippen LogP contribution in [0.25, 0.3) is 22.0 Å². The van der Waals surface area contributed by atoms with Crippen molar-refractivity contribution in [3.8, 4) is 17.2 Å². The molecule has 4 aromatic rings. The number of hydrogen-bond acceptors (Lipinski definition) is 3. The highest BCUT2D eigenvalue weighted by molar-refractivity contribution is 5.96. The van der Waals surface area contributed by atoms with Gasteiger partial charge >= 0.3 is 0 Å². The standard InChI is InChI=1S/C27H28N5O/c1-17-9-25-23(11-18(2)27(33)31(25)5)26(10-17)32-8-6-7-19-12-22(20(14-28)13-24(19)32)21-15-29(3)30(4)16-21/h9-13,15-16H,6-8H2,1-5H3/q+1. The van der Waals surface area contributed by atoms with Crippen molar-refractivity contribution in [2.75, 3.05) is 11.4 Å². The number of aryl methyl sites for hydroxylation is 6. The van der Waals surface area contributed by atoms with E-state index in [1.807, 2.05) is 49.6 Å². The molecule has 0 N–H and O–H groups in total. The van der Waals surface area contributed by atoms with E-state index in [0.717, 1.165) is 63.9 Å². The maximum atomic E-state index is 12.6. The number of fused-ring (bicyclic) bond motifs is 2. The van der Waals surface area contributed by atoms with Crippen molar-refractivity contribution < 1.29 is 4.68 Å². The molecule has 6 nitrogen and oxygen atoms in total. The summed E-state index contributed by atoms with van der Waals surface area (Å²) in [7, 11) is 5.83. The molecule has 2 aromatic heterocycles. The average Bonchev–Trinajstić information content (AvgIpc) is 3.14. The molecule has 0 fully saturated rings. The van der Waals surface area contributed by atoms with Crippen molar-refractivity contribution in [3.05, 3.63) is 75.3 Å². The zero-order valence-corrected chi connectivity index (χ0v) is 19.8. The number of aromatic nitrogens is 3. The first-order chi connectivity index (χ1) is 15.8. The van der Waals surface area contributed by atoms with E-state index in [-0.39, 0.29) is 5.56 Å². The molecule has 2 aromatic carbocycles. The highest BCUT2D eigenvalue weighted by Crippen LogP contribution is 2.40. The van der Waals surface area contributed by atoms with Gasteiger partial charge in [-0.15, -0.1) is 4.68 Å². The van der Waals surface area contributed by atoms with Gasteiger partial charge < -0.3 is 9.47 Å². The topological polar surface area (TPSA) is 57.8 Å². The molecule has 0 saturated carbocycles. The van der Waals surface area contributed by atoms with Crippen molar-refractivity contribution in [3.63, 3.8) is 0 Å². The van der Waals surface area contributed by atoms with E-state index in [1.54, 1.807) is 4.57 Å². The SMILES string of the molecule is Cc1cc(N2CCCc3cc(-c4cn(C)[n+](C)c4)c(C#N)cc32)c2cc(C)c(=O)n(C)c2c1. The predicted octanol–water partition coefficient (Wildman–Crippen LogP) is 3.94. The molecule has 0 spiro atoms. The van der Waals surface area contributed by atoms with Crippen LogP contribution < -0.4 is 15.1 Å². The predicted molar refractivity (Wildman–Crippen MR) is 131 cm³/mol. The van der Waals surface area contributed by atoms with E-state index >= 15 is 0 Å². The van der Waals surface area contributed by atoms with E-state index in [4.69, 9.17) is 0 Å². The third-order valence-electron chi connectivity index (χ3n) is 6.85. The van der Waals surface area contributed by atoms with Crippen LogP contribution in [0.5, 0.6) is 0 Å². The first kappa shape index (κ1) is 21.0. The fourth-order valence-corrected chi connectivity index (χ4v) is 5.03. The molecule has 166 valence electrons. The minimum atomic E-state index is 0.0329. The molecule has 6 heteroatoms. The summed E-state index contributed by atoms with van der Waals surface area (Å²) >= 11 is 0. The molecule has 0 bridgehead atoms. The Morgan fingerprint density at radius 3 is 2.55 bits per heavy atom. The van der Waals surface area contributed by atoms with Crippen molar-refractivity contribution in [1.82, 2.24) is 9.25 Å². The smallest absolute Gasteiger partial charge is 0.253 e. The Hall–Kier alpha value is -3.85. The van der Waals surface area contributed by atoms with Gasteiger partial charge in [-0.25, -0.2) is 0 Å². The lowest BCUT2D eigenvalue weighted by Crippen LogP contribution is -2.35. The van der Waals surface area contributed by atoms with Crippen molar-refractivity contribution >= 4 is 22.3 Å². The Labute approximate surface area is 193 Å². The van der Waals surface area contributed by atoms with Crippen LogP contribution in [0.15, 0.2) is 47.5 Å². The van der Waals surface area contributed by atoms with Crippen LogP contribution >= 0.6 is 0 Å². The molecule has 1 aliphatic heterocycles. The van der Waals surface area contributed by atoms with Gasteiger partial charge in [-0.1, -0.05) is 0 Å². The summed E-state index contributed by atoms with van der Waals surface area (Å²) in [6, 6.07) is 12.9. The van der Waals surface area contributed by atoms with E-state index < -0.39 is 0 Å². The Morgan fingerprint density at radius 1 is 1.06 bits per heavy atom. The zero-order valence-electron chi connectivity index (χ0n) is 19.8. The minimum Gasteiger partial charge on any atom is -0.341 e. The van der Waals surface area contributed by atoms with E-state index in [9.17, 15) is 10.1 Å². The number of pyridine rings is 1. The van der Waals surface area contributed by atoms with Crippen LogP contribution in [0.1, 0.15) is 28.7 Å². The molecule has 3 heterocycles. The monoisotopic (exact) mass is 438 g/mol. The summed E-state index contributed by atoms with van der Waals surface area (Å²) in [5, 5.41) is 11.1. The van der Waals surface area contributed by atoms with Crippen molar-refractivity contribution in [2.24, 2.45) is 21.1 Å². The summed E-state index contributed by atoms with van der Waals surface area (Å²) in [6.45, 7) is 4.81. The molecule has 0 atom stereocenters. The van der Waals surface area contributed by atoms with Gasteiger partial charge in [0.2, 0.25) is 6.20 Å². The third-order valence-corrected chi connectivity index (χ3v) is 6.85. The third kappa shape index (κ3) is 3.32. The number of nitriles is 1. The summed E-state index contributed by atoms with van der Waals surface area (Å²) in [4.78, 5) is 14.9. The highest BCUT2D eigenvalue weighted by atomic mass is 16.1. The van der Waals surface area contributed by atoms with E-state index in [2.05, 4.69) is 48.5 Å². The van der Waals surface area contributed by atoms with Crippen LogP contribution in [0.2, 0.25) is 0 Å². The molecule has 1 aliphatic rings. The molecular weight excluding hydrogens is 410 g/mol. The van der Waals surface area contributed by atoms with Gasteiger partial charge in [-0.3, -0.25) is 4.79 Å². The van der Waals surface area contributed by atoms with Crippen LogP contribution in [-0.2, 0) is 27.6 Å². The molecule has 0 radical (unpaired) electrons. The average molecular weight is 439 g/mol. The molecule has 0 saturated heterocycles. The van der Waals surface area contributed by atoms with Crippen molar-refractivity contribution in [2.45, 2.75) is 26.7 Å². The minimum absolute atomic E-state index is 0.0329. The first-order valence-corrected chi connectivity index (χ1v) is 11.3. The Balaban J connectivity index is 1.74. The fraction of sp³-hybridized carbons (Fsp3) is 0.296. The first-order valence-electron chi connectivity index (χ1n) is 11.3. The van der Waals surface area contributed by atoms with Gasteiger partial charge in [0, 0.05) is 35.8 Å². The molecule has 0 amide bonds. The van der Waals surface area contributed by atoms with Crippen LogP contribution in [0, 0.1) is 25.2 Å². The zero-order chi connectivity index (χ0) is 23.4. The summed E-state index contributed by atoms with van der Waals surface area (Å²) in [5.74, 6) is 0. The summed E-state index contributed by atoms with van der Waals surface area (Å²) < 4.78 is 5.76. The van der Waals surface area contributed by atoms with E-state index in [0.29, 0.717) is 5.56 Å². The summed E-state index contributed by atoms with van der Waals surface area (Å²) in [6.07, 6.45) is 6.12. The number of hydrogen-bond donors (Lipinski definition) is 0. The van der Waals surface area contributed by atoms with Gasteiger partial charge in [0.15, 0.2) is 7.05 Å². The quantitative estimate of drug-likeness (QED) is 0.446. The van der Waals surface area contributed by atoms with Crippen molar-refractivity contribution in [1.29, 1.82) is 5.26 Å². The number of benzene rings is 2. The molecule has 0 unspecified atom stereocenters. The second kappa shape index (κ2) is 7.63. The Kier molecular flexibility index (Phi) is 4.86. The van der Waals surface area contributed by atoms with Gasteiger partial charge in [0.25, 0.3) is 5.56 Å². The highest BCUT2D eigenvalue weighted by Gasteiger charge is 2.24. The van der Waals surface area contributed by atoms with Gasteiger partial charge in [0.1, 0.15) is 0 Å². The normalized spacial score (nSPS) is 13.3. The Bertz CT molecular complexity index is 1510. The van der Waals surface area contributed by atoms with Gasteiger partial charge in [-0.2, -0.15) is 9.94 Å². The van der Waals surface area contributed by atoms with Crippen LogP contribution in [0.4, 0.5) is 11.4 Å². The lowest BCUT2D eigenvalue weighted by Gasteiger charge is -2.33. The molecular formula is C27H28N5O+. The largest absolute Gasteiger partial charge is 0.341 e. The van der Waals surface area contributed by atoms with E-state index in [1.165, 1.54) is 5.56 Å². The van der Waals surface area contributed by atoms with Gasteiger partial charge in [-0.05, 0) is 68.1 Å². The number of anilines is 2. The molecule has 5 rings (SSSR count). The Morgan fingerprint density at radius 2 is 1.85 bits per heavy atom. The molecule has 33 heavy (non-hydrogen) atoms.